The number of aromatic nitrogens is 2. The number of likely N-dealkylation sites (tertiary alicyclic amines) is 1. The Morgan fingerprint density at radius 2 is 1.62 bits per heavy atom. The number of piperidine rings is 2. The molecule has 1 unspecified atom stereocenters. The zero-order chi connectivity index (χ0) is 48.4. The Hall–Kier alpha value is -6.58. The van der Waals surface area contributed by atoms with Crippen molar-refractivity contribution in [3.63, 3.8) is 0 Å². The molecule has 5 aromatic rings. The largest absolute Gasteiger partial charge is 0.496 e. The number of ether oxygens (including phenoxy) is 1. The predicted molar refractivity (Wildman–Crippen MR) is 248 cm³/mol. The number of hydrogen-bond donors (Lipinski definition) is 4. The van der Waals surface area contributed by atoms with E-state index in [1.165, 1.54) is 19.4 Å². The van der Waals surface area contributed by atoms with E-state index in [1.54, 1.807) is 18.3 Å². The maximum Gasteiger partial charge on any atom is 0.301 e. The number of rotatable bonds is 13. The van der Waals surface area contributed by atoms with Crippen molar-refractivity contribution >= 4 is 61.8 Å². The van der Waals surface area contributed by atoms with Crippen LogP contribution >= 0.6 is 0 Å². The van der Waals surface area contributed by atoms with Crippen molar-refractivity contribution < 1.29 is 49.9 Å². The maximum absolute atomic E-state index is 15.8. The van der Waals surface area contributed by atoms with Crippen molar-refractivity contribution in [1.82, 2.24) is 29.8 Å². The summed E-state index contributed by atoms with van der Waals surface area (Å²) in [4.78, 5) is 64.6. The molecule has 5 aliphatic heterocycles. The summed E-state index contributed by atoms with van der Waals surface area (Å²) < 4.78 is 94.0. The van der Waals surface area contributed by atoms with Gasteiger partial charge in [0.15, 0.2) is 5.82 Å². The number of benzene rings is 3. The van der Waals surface area contributed by atoms with Gasteiger partial charge in [0, 0.05) is 117 Å². The van der Waals surface area contributed by atoms with E-state index >= 15 is 13.2 Å². The number of halogens is 4. The van der Waals surface area contributed by atoms with Crippen LogP contribution in [0, 0.1) is 28.8 Å². The first-order valence-corrected chi connectivity index (χ1v) is 24.3. The van der Waals surface area contributed by atoms with Gasteiger partial charge in [0.1, 0.15) is 40.8 Å². The van der Waals surface area contributed by atoms with E-state index in [2.05, 4.69) is 35.3 Å². The highest BCUT2D eigenvalue weighted by atomic mass is 32.2. The van der Waals surface area contributed by atoms with Gasteiger partial charge in [-0.15, -0.1) is 0 Å². The second-order valence-corrected chi connectivity index (χ2v) is 20.4. The van der Waals surface area contributed by atoms with Crippen LogP contribution in [0.25, 0.3) is 22.2 Å². The number of pyridine rings is 1. The summed E-state index contributed by atoms with van der Waals surface area (Å²) in [6.45, 7) is 5.68. The first-order chi connectivity index (χ1) is 33.1. The zero-order valence-corrected chi connectivity index (χ0v) is 38.3. The second-order valence-electron chi connectivity index (χ2n) is 18.8. The molecule has 0 aliphatic carbocycles. The normalized spacial score (nSPS) is 21.0. The molecule has 362 valence electrons. The van der Waals surface area contributed by atoms with Gasteiger partial charge >= 0.3 is 10.2 Å². The van der Waals surface area contributed by atoms with Gasteiger partial charge in [-0.1, -0.05) is 12.1 Å². The van der Waals surface area contributed by atoms with Gasteiger partial charge in [0.05, 0.1) is 18.4 Å². The number of hydrogen-bond acceptors (Lipinski definition) is 11. The van der Waals surface area contributed by atoms with Gasteiger partial charge in [-0.25, -0.2) is 22.5 Å². The van der Waals surface area contributed by atoms with Crippen molar-refractivity contribution in [3.05, 3.63) is 101 Å². The fourth-order valence-corrected chi connectivity index (χ4v) is 11.7. The van der Waals surface area contributed by atoms with Gasteiger partial charge in [-0.05, 0) is 73.6 Å². The van der Waals surface area contributed by atoms with Crippen LogP contribution in [-0.4, -0.2) is 129 Å². The van der Waals surface area contributed by atoms with Gasteiger partial charge in [-0.2, -0.15) is 12.7 Å². The number of nitrogens with zero attached hydrogens (tertiary/aromatic N) is 5. The van der Waals surface area contributed by atoms with Crippen LogP contribution in [0.3, 0.4) is 0 Å². The lowest BCUT2D eigenvalue weighted by Gasteiger charge is -2.61. The number of ketones is 1. The third-order valence-electron chi connectivity index (χ3n) is 14.0. The molecule has 10 rings (SSSR count). The SMILES string of the molecule is COc1cc(N2CC3(CN(CC4CCN(c5ccc(-c6cnc7[nH]cc(C(=O)c8c(F)ccc(NS(=O)(=O)N9CC[C@@H](F)C9)c8F)c7c6)cc5)CC4)C3)C2)cc(F)c1C(=O)NC1CCC(=O)NC1=O. The topological polar surface area (TPSA) is 189 Å². The van der Waals surface area contributed by atoms with E-state index in [-0.39, 0.29) is 48.1 Å². The molecule has 4 N–H and O–H groups in total. The first kappa shape index (κ1) is 46.2. The number of fused-ring (bicyclic) bond motifs is 1. The molecule has 2 atom stereocenters. The summed E-state index contributed by atoms with van der Waals surface area (Å²) >= 11 is 0. The van der Waals surface area contributed by atoms with Crippen LogP contribution in [0.4, 0.5) is 34.6 Å². The van der Waals surface area contributed by atoms with E-state index in [1.807, 2.05) is 29.0 Å². The highest BCUT2D eigenvalue weighted by molar-refractivity contribution is 7.90. The number of alkyl halides is 1. The molecule has 16 nitrogen and oxygen atoms in total. The van der Waals surface area contributed by atoms with E-state index in [0.29, 0.717) is 28.2 Å². The lowest BCUT2D eigenvalue weighted by molar-refractivity contribution is -0.134. The van der Waals surface area contributed by atoms with Crippen molar-refractivity contribution in [2.75, 3.05) is 80.5 Å². The average Bonchev–Trinajstić information content (AvgIpc) is 3.95. The molecule has 2 aromatic heterocycles. The molecule has 69 heavy (non-hydrogen) atoms. The maximum atomic E-state index is 15.8. The van der Waals surface area contributed by atoms with Gasteiger partial charge < -0.3 is 29.7 Å². The molecule has 5 aliphatic rings. The molecular formula is C48H49F4N9O7S. The van der Waals surface area contributed by atoms with E-state index in [0.717, 1.165) is 86.3 Å². The molecule has 3 amide bonds. The fourth-order valence-electron chi connectivity index (χ4n) is 10.4. The Morgan fingerprint density at radius 1 is 0.870 bits per heavy atom. The highest BCUT2D eigenvalue weighted by Gasteiger charge is 2.52. The van der Waals surface area contributed by atoms with E-state index < -0.39 is 81.2 Å². The van der Waals surface area contributed by atoms with Gasteiger partial charge in [0.25, 0.3) is 5.91 Å². The fraction of sp³-hybridized carbons (Fsp3) is 0.396. The van der Waals surface area contributed by atoms with Gasteiger partial charge in [0.2, 0.25) is 17.6 Å². The van der Waals surface area contributed by atoms with Crippen molar-refractivity contribution in [3.8, 4) is 16.9 Å². The minimum atomic E-state index is -4.37. The van der Waals surface area contributed by atoms with Crippen molar-refractivity contribution in [2.45, 2.75) is 44.3 Å². The van der Waals surface area contributed by atoms with Crippen LogP contribution in [0.1, 0.15) is 58.4 Å². The Labute approximate surface area is 394 Å². The molecule has 21 heteroatoms. The van der Waals surface area contributed by atoms with Crippen LogP contribution in [-0.2, 0) is 19.8 Å². The summed E-state index contributed by atoms with van der Waals surface area (Å²) in [5.41, 5.74) is 1.67. The number of anilines is 3. The molecule has 1 spiro atoms. The number of carbonyl (C=O) groups excluding carboxylic acids is 4. The first-order valence-electron chi connectivity index (χ1n) is 22.8. The van der Waals surface area contributed by atoms with E-state index in [9.17, 15) is 32.0 Å². The summed E-state index contributed by atoms with van der Waals surface area (Å²) in [5.74, 6) is -5.56. The number of amides is 3. The number of carbonyl (C=O) groups is 4. The van der Waals surface area contributed by atoms with Crippen LogP contribution < -0.4 is 29.9 Å². The molecule has 0 radical (unpaired) electrons. The highest BCUT2D eigenvalue weighted by Crippen LogP contribution is 2.44. The standard InChI is InChI=1S/C48H49F4N9O7S/c1-68-39-18-32(17-36(51)41(39)47(65)55-38-8-9-40(62)56-46(38)64)60-25-48(26-60)23-58(24-48)21-27-10-13-59(14-11-27)31-4-2-28(3-5-31)29-16-33-34(20-54-45(33)53-19-29)44(63)42-35(50)6-7-37(43(42)52)57-69(66,67)61-15-12-30(49)22-61/h2-7,16-20,27,30,38,57H,8-15,21-26H2,1H3,(H,53,54)(H,55,65)(H,56,62,64)/t30-,38?/m1/s1. The molecule has 7 heterocycles. The smallest absolute Gasteiger partial charge is 0.301 e. The minimum absolute atomic E-state index is 0.00367. The number of H-pyrrole nitrogens is 1. The average molecular weight is 972 g/mol. The Balaban J connectivity index is 0.714. The molecule has 0 saturated carbocycles. The second kappa shape index (κ2) is 18.1. The number of nitrogens with one attached hydrogen (secondary N) is 4. The Kier molecular flexibility index (Phi) is 12.1. The third kappa shape index (κ3) is 8.98. The quantitative estimate of drug-likeness (QED) is 0.0694. The van der Waals surface area contributed by atoms with Crippen molar-refractivity contribution in [2.24, 2.45) is 11.3 Å². The summed E-state index contributed by atoms with van der Waals surface area (Å²) in [5, 5.41) is 5.02. The lowest BCUT2D eigenvalue weighted by Crippen LogP contribution is -2.72. The van der Waals surface area contributed by atoms with Crippen LogP contribution in [0.15, 0.2) is 67.0 Å². The molecular weight excluding hydrogens is 923 g/mol. The summed E-state index contributed by atoms with van der Waals surface area (Å²) in [6, 6.07) is 13.4. The van der Waals surface area contributed by atoms with E-state index in [4.69, 9.17) is 4.74 Å². The lowest BCUT2D eigenvalue weighted by atomic mass is 9.72. The summed E-state index contributed by atoms with van der Waals surface area (Å²) in [7, 11) is -3.00. The van der Waals surface area contributed by atoms with Crippen molar-refractivity contribution in [1.29, 1.82) is 0 Å². The predicted octanol–water partition coefficient (Wildman–Crippen LogP) is 5.16. The number of imide groups is 1. The van der Waals surface area contributed by atoms with Crippen LogP contribution in [0.5, 0.6) is 5.75 Å². The minimum Gasteiger partial charge on any atom is -0.496 e. The Morgan fingerprint density at radius 3 is 2.32 bits per heavy atom. The van der Waals surface area contributed by atoms with Crippen LogP contribution in [0.2, 0.25) is 0 Å². The molecule has 5 saturated heterocycles. The summed E-state index contributed by atoms with van der Waals surface area (Å²) in [6.07, 6.45) is 3.85. The molecule has 0 bridgehead atoms. The third-order valence-corrected chi connectivity index (χ3v) is 15.5. The molecule has 5 fully saturated rings. The number of aromatic amines is 1. The zero-order valence-electron chi connectivity index (χ0n) is 37.5. The molecule has 3 aromatic carbocycles. The van der Waals surface area contributed by atoms with Gasteiger partial charge in [-0.3, -0.25) is 29.2 Å². The number of methoxy groups -OCH3 is 1. The Bertz CT molecular complexity index is 2990. The monoisotopic (exact) mass is 971 g/mol.